The summed E-state index contributed by atoms with van der Waals surface area (Å²) in [5.74, 6) is -0.132. The van der Waals surface area contributed by atoms with Crippen LogP contribution in [0.25, 0.3) is 11.0 Å². The van der Waals surface area contributed by atoms with Crippen molar-refractivity contribution in [3.8, 4) is 0 Å². The Morgan fingerprint density at radius 3 is 2.73 bits per heavy atom. The van der Waals surface area contributed by atoms with E-state index in [-0.39, 0.29) is 23.5 Å². The second-order valence-corrected chi connectivity index (χ2v) is 8.00. The van der Waals surface area contributed by atoms with Crippen molar-refractivity contribution in [3.05, 3.63) is 23.0 Å². The lowest BCUT2D eigenvalue weighted by Gasteiger charge is -2.12. The molecule has 1 aliphatic rings. The van der Waals surface area contributed by atoms with Gasteiger partial charge in [-0.3, -0.25) is 9.48 Å². The van der Waals surface area contributed by atoms with Gasteiger partial charge in [-0.15, -0.1) is 0 Å². The summed E-state index contributed by atoms with van der Waals surface area (Å²) < 4.78 is 24.6. The fourth-order valence-corrected chi connectivity index (χ4v) is 4.51. The molecule has 0 bridgehead atoms. The molecule has 0 saturated carbocycles. The van der Waals surface area contributed by atoms with Crippen LogP contribution in [-0.4, -0.2) is 46.6 Å². The maximum absolute atomic E-state index is 12.4. The van der Waals surface area contributed by atoms with Gasteiger partial charge in [0.1, 0.15) is 0 Å². The Bertz CT molecular complexity index is 870. The zero-order valence-electron chi connectivity index (χ0n) is 12.8. The van der Waals surface area contributed by atoms with Gasteiger partial charge in [-0.05, 0) is 26.3 Å². The zero-order valence-corrected chi connectivity index (χ0v) is 13.6. The van der Waals surface area contributed by atoms with Crippen LogP contribution in [-0.2, 0) is 16.9 Å². The lowest BCUT2D eigenvalue weighted by atomic mass is 10.1. The molecular formula is C14H18N4O3S. The van der Waals surface area contributed by atoms with Gasteiger partial charge in [-0.1, -0.05) is 0 Å². The molecule has 2 aromatic rings. The molecule has 1 saturated heterocycles. The second kappa shape index (κ2) is 5.05. The van der Waals surface area contributed by atoms with Crippen LogP contribution in [0.5, 0.6) is 0 Å². The molecule has 3 heterocycles. The number of carbonyl (C=O) groups excluding carboxylic acids is 1. The highest BCUT2D eigenvalue weighted by Crippen LogP contribution is 2.20. The Morgan fingerprint density at radius 2 is 2.09 bits per heavy atom. The van der Waals surface area contributed by atoms with Crippen LogP contribution < -0.4 is 5.32 Å². The van der Waals surface area contributed by atoms with E-state index in [1.54, 1.807) is 17.7 Å². The van der Waals surface area contributed by atoms with E-state index in [1.807, 2.05) is 14.0 Å². The van der Waals surface area contributed by atoms with E-state index in [2.05, 4.69) is 15.4 Å². The number of fused-ring (bicyclic) bond motifs is 1. The summed E-state index contributed by atoms with van der Waals surface area (Å²) in [5, 5.41) is 7.93. The third-order valence-corrected chi connectivity index (χ3v) is 5.77. The summed E-state index contributed by atoms with van der Waals surface area (Å²) in [6.07, 6.45) is 0.467. The minimum Gasteiger partial charge on any atom is -0.348 e. The lowest BCUT2D eigenvalue weighted by Crippen LogP contribution is -2.36. The lowest BCUT2D eigenvalue weighted by molar-refractivity contribution is 0.0940. The number of hydrogen-bond acceptors (Lipinski definition) is 5. The van der Waals surface area contributed by atoms with Crippen LogP contribution in [0, 0.1) is 13.8 Å². The summed E-state index contributed by atoms with van der Waals surface area (Å²) in [7, 11) is -1.20. The number of sulfone groups is 1. The summed E-state index contributed by atoms with van der Waals surface area (Å²) in [4.78, 5) is 16.9. The van der Waals surface area contributed by atoms with E-state index in [4.69, 9.17) is 0 Å². The number of carbonyl (C=O) groups is 1. The quantitative estimate of drug-likeness (QED) is 0.869. The molecule has 0 aliphatic carbocycles. The molecule has 8 heteroatoms. The van der Waals surface area contributed by atoms with Crippen LogP contribution in [0.3, 0.4) is 0 Å². The molecule has 1 fully saturated rings. The monoisotopic (exact) mass is 322 g/mol. The molecule has 118 valence electrons. The van der Waals surface area contributed by atoms with Gasteiger partial charge in [0.2, 0.25) is 0 Å². The maximum Gasteiger partial charge on any atom is 0.253 e. The van der Waals surface area contributed by atoms with Gasteiger partial charge in [0, 0.05) is 18.5 Å². The Morgan fingerprint density at radius 1 is 1.36 bits per heavy atom. The molecule has 0 radical (unpaired) electrons. The highest BCUT2D eigenvalue weighted by molar-refractivity contribution is 7.91. The summed E-state index contributed by atoms with van der Waals surface area (Å²) in [6.45, 7) is 3.63. The molecule has 0 spiro atoms. The third kappa shape index (κ3) is 2.58. The molecule has 1 atom stereocenters. The van der Waals surface area contributed by atoms with Gasteiger partial charge < -0.3 is 5.32 Å². The van der Waals surface area contributed by atoms with E-state index < -0.39 is 9.84 Å². The molecule has 1 amide bonds. The number of pyridine rings is 1. The van der Waals surface area contributed by atoms with Crippen molar-refractivity contribution >= 4 is 26.8 Å². The fraction of sp³-hybridized carbons (Fsp3) is 0.500. The molecule has 7 nitrogen and oxygen atoms in total. The topological polar surface area (TPSA) is 93.9 Å². The van der Waals surface area contributed by atoms with Gasteiger partial charge >= 0.3 is 0 Å². The largest absolute Gasteiger partial charge is 0.348 e. The molecule has 0 aromatic carbocycles. The number of amides is 1. The van der Waals surface area contributed by atoms with Crippen LogP contribution in [0.1, 0.15) is 28.2 Å². The Kier molecular flexibility index (Phi) is 3.43. The number of rotatable bonds is 2. The van der Waals surface area contributed by atoms with Crippen molar-refractivity contribution in [2.75, 3.05) is 11.5 Å². The first-order chi connectivity index (χ1) is 10.3. The predicted octanol–water partition coefficient (Wildman–Crippen LogP) is 0.502. The third-order valence-electron chi connectivity index (χ3n) is 4.00. The van der Waals surface area contributed by atoms with E-state index in [1.165, 1.54) is 0 Å². The fourth-order valence-electron chi connectivity index (χ4n) is 2.83. The first-order valence-corrected chi connectivity index (χ1v) is 8.91. The van der Waals surface area contributed by atoms with Crippen LogP contribution in [0.4, 0.5) is 0 Å². The van der Waals surface area contributed by atoms with Gasteiger partial charge in [-0.2, -0.15) is 5.10 Å². The van der Waals surface area contributed by atoms with E-state index in [9.17, 15) is 13.2 Å². The van der Waals surface area contributed by atoms with Gasteiger partial charge in [0.25, 0.3) is 5.91 Å². The van der Waals surface area contributed by atoms with E-state index >= 15 is 0 Å². The Labute approximate surface area is 128 Å². The molecule has 0 unspecified atom stereocenters. The van der Waals surface area contributed by atoms with Crippen molar-refractivity contribution in [1.29, 1.82) is 0 Å². The number of hydrogen-bond donors (Lipinski definition) is 1. The number of aromatic nitrogens is 3. The van der Waals surface area contributed by atoms with Crippen molar-refractivity contribution in [2.24, 2.45) is 7.05 Å². The molecule has 2 aromatic heterocycles. The molecule has 1 aliphatic heterocycles. The Hall–Kier alpha value is -1.96. The zero-order chi connectivity index (χ0) is 16.1. The maximum atomic E-state index is 12.4. The van der Waals surface area contributed by atoms with Crippen LogP contribution >= 0.6 is 0 Å². The average Bonchev–Trinajstić information content (AvgIpc) is 2.89. The number of aryl methyl sites for hydroxylation is 3. The van der Waals surface area contributed by atoms with Crippen molar-refractivity contribution in [2.45, 2.75) is 26.3 Å². The minimum atomic E-state index is -3.02. The molecule has 1 N–H and O–H groups in total. The first kappa shape index (κ1) is 15.0. The van der Waals surface area contributed by atoms with Crippen molar-refractivity contribution in [1.82, 2.24) is 20.1 Å². The smallest absolute Gasteiger partial charge is 0.253 e. The molecular weight excluding hydrogens is 304 g/mol. The highest BCUT2D eigenvalue weighted by Gasteiger charge is 2.29. The van der Waals surface area contributed by atoms with E-state index in [0.717, 1.165) is 16.7 Å². The van der Waals surface area contributed by atoms with Crippen molar-refractivity contribution in [3.63, 3.8) is 0 Å². The summed E-state index contributed by atoms with van der Waals surface area (Å²) in [5.41, 5.74) is 2.61. The predicted molar refractivity (Wildman–Crippen MR) is 82.5 cm³/mol. The average molecular weight is 322 g/mol. The molecule has 22 heavy (non-hydrogen) atoms. The second-order valence-electron chi connectivity index (χ2n) is 5.77. The summed E-state index contributed by atoms with van der Waals surface area (Å²) >= 11 is 0. The van der Waals surface area contributed by atoms with Crippen molar-refractivity contribution < 1.29 is 13.2 Å². The minimum absolute atomic E-state index is 0.0133. The highest BCUT2D eigenvalue weighted by atomic mass is 32.2. The summed E-state index contributed by atoms with van der Waals surface area (Å²) in [6, 6.07) is 1.46. The van der Waals surface area contributed by atoms with Crippen LogP contribution in [0.2, 0.25) is 0 Å². The Balaban J connectivity index is 1.91. The van der Waals surface area contributed by atoms with E-state index in [0.29, 0.717) is 17.7 Å². The van der Waals surface area contributed by atoms with Crippen LogP contribution in [0.15, 0.2) is 6.07 Å². The number of nitrogens with zero attached hydrogens (tertiary/aromatic N) is 3. The normalized spacial score (nSPS) is 20.4. The number of nitrogens with one attached hydrogen (secondary N) is 1. The van der Waals surface area contributed by atoms with Gasteiger partial charge in [-0.25, -0.2) is 13.4 Å². The molecule has 3 rings (SSSR count). The first-order valence-electron chi connectivity index (χ1n) is 7.09. The van der Waals surface area contributed by atoms with Gasteiger partial charge in [0.15, 0.2) is 15.5 Å². The van der Waals surface area contributed by atoms with Gasteiger partial charge in [0.05, 0.1) is 28.5 Å². The standard InChI is InChI=1S/C14H18N4O3S/c1-8-12(6-11-9(2)17-18(3)13(11)15-8)14(19)16-10-4-5-22(20,21)7-10/h6,10H,4-5,7H2,1-3H3,(H,16,19)/t10-/m0/s1. The SMILES string of the molecule is Cc1nc2c(cc1C(=O)N[C@H]1CCS(=O)(=O)C1)c(C)nn2C.